The van der Waals surface area contributed by atoms with Crippen molar-refractivity contribution in [3.8, 4) is 0 Å². The van der Waals surface area contributed by atoms with Gasteiger partial charge in [-0.15, -0.1) is 0 Å². The lowest BCUT2D eigenvalue weighted by atomic mass is 9.94. The van der Waals surface area contributed by atoms with Crippen molar-refractivity contribution in [3.63, 3.8) is 0 Å². The van der Waals surface area contributed by atoms with Crippen molar-refractivity contribution in [2.75, 3.05) is 19.6 Å². The number of aryl methyl sites for hydroxylation is 2. The van der Waals surface area contributed by atoms with Gasteiger partial charge >= 0.3 is 0 Å². The first-order valence-electron chi connectivity index (χ1n) is 7.23. The number of likely N-dealkylation sites (tertiary alicyclic amines) is 1. The van der Waals surface area contributed by atoms with Gasteiger partial charge in [0.1, 0.15) is 0 Å². The molecule has 0 aliphatic carbocycles. The van der Waals surface area contributed by atoms with Crippen molar-refractivity contribution in [1.82, 2.24) is 10.2 Å². The molecule has 0 unspecified atom stereocenters. The summed E-state index contributed by atoms with van der Waals surface area (Å²) in [6, 6.07) is 7.68. The molecular weight excluding hydrogens is 220 g/mol. The van der Waals surface area contributed by atoms with Gasteiger partial charge in [0.15, 0.2) is 0 Å². The maximum atomic E-state index is 3.68. The summed E-state index contributed by atoms with van der Waals surface area (Å²) in [5.41, 5.74) is 4.26. The topological polar surface area (TPSA) is 15.3 Å². The monoisotopic (exact) mass is 244 g/mol. The molecule has 2 nitrogen and oxygen atoms in total. The highest BCUT2D eigenvalue weighted by Crippen LogP contribution is 2.26. The Kier molecular flexibility index (Phi) is 3.40. The molecule has 3 rings (SSSR count). The van der Waals surface area contributed by atoms with Gasteiger partial charge in [-0.3, -0.25) is 4.90 Å². The Bertz CT molecular complexity index is 393. The van der Waals surface area contributed by atoms with Crippen molar-refractivity contribution in [1.29, 1.82) is 0 Å². The van der Waals surface area contributed by atoms with Gasteiger partial charge in [-0.1, -0.05) is 29.3 Å². The van der Waals surface area contributed by atoms with Gasteiger partial charge in [0.05, 0.1) is 0 Å². The molecule has 2 aliphatic rings. The lowest BCUT2D eigenvalue weighted by Crippen LogP contribution is -2.40. The van der Waals surface area contributed by atoms with Crippen molar-refractivity contribution < 1.29 is 0 Å². The van der Waals surface area contributed by atoms with Crippen LogP contribution in [0.5, 0.6) is 0 Å². The van der Waals surface area contributed by atoms with Crippen LogP contribution in [0.1, 0.15) is 29.5 Å². The number of hydrogen-bond donors (Lipinski definition) is 1. The van der Waals surface area contributed by atoms with E-state index in [9.17, 15) is 0 Å². The lowest BCUT2D eigenvalue weighted by Gasteiger charge is -2.24. The largest absolute Gasteiger partial charge is 0.312 e. The van der Waals surface area contributed by atoms with E-state index in [1.165, 1.54) is 49.2 Å². The van der Waals surface area contributed by atoms with Crippen molar-refractivity contribution in [2.24, 2.45) is 5.92 Å². The fourth-order valence-corrected chi connectivity index (χ4v) is 3.68. The summed E-state index contributed by atoms with van der Waals surface area (Å²) in [6.45, 7) is 9.25. The van der Waals surface area contributed by atoms with Gasteiger partial charge in [-0.05, 0) is 44.7 Å². The highest BCUT2D eigenvalue weighted by atomic mass is 15.2. The molecular formula is C16H24N2. The van der Waals surface area contributed by atoms with Crippen molar-refractivity contribution in [2.45, 2.75) is 39.3 Å². The quantitative estimate of drug-likeness (QED) is 0.860. The third kappa shape index (κ3) is 2.60. The molecule has 2 aliphatic heterocycles. The Labute approximate surface area is 110 Å². The van der Waals surface area contributed by atoms with Gasteiger partial charge in [-0.2, -0.15) is 0 Å². The fraction of sp³-hybridized carbons (Fsp3) is 0.625. The Morgan fingerprint density at radius 1 is 1.17 bits per heavy atom. The summed E-state index contributed by atoms with van der Waals surface area (Å²) in [5, 5.41) is 3.68. The molecule has 2 heterocycles. The van der Waals surface area contributed by atoms with Gasteiger partial charge in [0.2, 0.25) is 0 Å². The van der Waals surface area contributed by atoms with Crippen molar-refractivity contribution in [3.05, 3.63) is 34.9 Å². The molecule has 2 saturated heterocycles. The zero-order valence-corrected chi connectivity index (χ0v) is 11.6. The van der Waals surface area contributed by atoms with E-state index in [2.05, 4.69) is 42.3 Å². The third-order valence-electron chi connectivity index (χ3n) is 4.36. The van der Waals surface area contributed by atoms with Gasteiger partial charge in [0.25, 0.3) is 0 Å². The summed E-state index contributed by atoms with van der Waals surface area (Å²) < 4.78 is 0. The average Bonchev–Trinajstić information content (AvgIpc) is 2.69. The number of hydrogen-bond acceptors (Lipinski definition) is 2. The van der Waals surface area contributed by atoms with Crippen molar-refractivity contribution >= 4 is 0 Å². The van der Waals surface area contributed by atoms with E-state index in [0.29, 0.717) is 0 Å². The summed E-state index contributed by atoms with van der Waals surface area (Å²) in [7, 11) is 0. The first kappa shape index (κ1) is 12.2. The SMILES string of the molecule is Cc1cc(C)cc(CN2C[C@@H]3CCCN[C@@H]3C2)c1. The van der Waals surface area contributed by atoms with Crippen LogP contribution >= 0.6 is 0 Å². The number of rotatable bonds is 2. The van der Waals surface area contributed by atoms with Crippen LogP contribution in [0.3, 0.4) is 0 Å². The molecule has 1 aromatic rings. The highest BCUT2D eigenvalue weighted by molar-refractivity contribution is 5.28. The van der Waals surface area contributed by atoms with Crippen LogP contribution in [-0.2, 0) is 6.54 Å². The minimum atomic E-state index is 0.754. The normalized spacial score (nSPS) is 28.3. The minimum absolute atomic E-state index is 0.754. The zero-order chi connectivity index (χ0) is 12.5. The first-order chi connectivity index (χ1) is 8.70. The maximum Gasteiger partial charge on any atom is 0.0235 e. The second kappa shape index (κ2) is 5.02. The van der Waals surface area contributed by atoms with Crippen LogP contribution in [0.4, 0.5) is 0 Å². The maximum absolute atomic E-state index is 3.68. The fourth-order valence-electron chi connectivity index (χ4n) is 3.68. The van der Waals surface area contributed by atoms with Gasteiger partial charge in [0, 0.05) is 25.7 Å². The molecule has 18 heavy (non-hydrogen) atoms. The molecule has 1 aromatic carbocycles. The minimum Gasteiger partial charge on any atom is -0.312 e. The Morgan fingerprint density at radius 2 is 1.94 bits per heavy atom. The van der Waals surface area contributed by atoms with Crippen LogP contribution in [0.2, 0.25) is 0 Å². The number of benzene rings is 1. The molecule has 2 fully saturated rings. The first-order valence-corrected chi connectivity index (χ1v) is 7.23. The lowest BCUT2D eigenvalue weighted by molar-refractivity contribution is 0.312. The second-order valence-electron chi connectivity index (χ2n) is 6.15. The van der Waals surface area contributed by atoms with E-state index in [1.807, 2.05) is 0 Å². The van der Waals surface area contributed by atoms with E-state index < -0.39 is 0 Å². The van der Waals surface area contributed by atoms with Crippen LogP contribution in [0.15, 0.2) is 18.2 Å². The van der Waals surface area contributed by atoms with E-state index in [0.717, 1.165) is 18.5 Å². The Balaban J connectivity index is 1.66. The summed E-state index contributed by atoms with van der Waals surface area (Å²) in [6.07, 6.45) is 2.78. The van der Waals surface area contributed by atoms with Gasteiger partial charge in [-0.25, -0.2) is 0 Å². The number of nitrogens with one attached hydrogen (secondary N) is 1. The van der Waals surface area contributed by atoms with E-state index in [1.54, 1.807) is 0 Å². The van der Waals surface area contributed by atoms with Gasteiger partial charge < -0.3 is 5.32 Å². The van der Waals surface area contributed by atoms with Crippen LogP contribution in [-0.4, -0.2) is 30.6 Å². The Hall–Kier alpha value is -0.860. The summed E-state index contributed by atoms with van der Waals surface area (Å²) in [5.74, 6) is 0.893. The van der Waals surface area contributed by atoms with Crippen LogP contribution in [0, 0.1) is 19.8 Å². The summed E-state index contributed by atoms with van der Waals surface area (Å²) >= 11 is 0. The van der Waals surface area contributed by atoms with Crippen LogP contribution < -0.4 is 5.32 Å². The predicted octanol–water partition coefficient (Wildman–Crippen LogP) is 2.49. The molecule has 0 aromatic heterocycles. The van der Waals surface area contributed by atoms with E-state index in [4.69, 9.17) is 0 Å². The number of piperidine rings is 1. The smallest absolute Gasteiger partial charge is 0.0235 e. The molecule has 1 N–H and O–H groups in total. The standard InChI is InChI=1S/C16H24N2/c1-12-6-13(2)8-14(7-12)9-18-10-15-4-3-5-17-16(15)11-18/h6-8,15-17H,3-5,9-11H2,1-2H3/t15-,16+/m0/s1. The molecule has 0 spiro atoms. The molecule has 0 bridgehead atoms. The van der Waals surface area contributed by atoms with E-state index in [-0.39, 0.29) is 0 Å². The van der Waals surface area contributed by atoms with Crippen LogP contribution in [0.25, 0.3) is 0 Å². The highest BCUT2D eigenvalue weighted by Gasteiger charge is 2.33. The molecule has 98 valence electrons. The molecule has 0 saturated carbocycles. The molecule has 0 radical (unpaired) electrons. The molecule has 0 amide bonds. The second-order valence-corrected chi connectivity index (χ2v) is 6.15. The third-order valence-corrected chi connectivity index (χ3v) is 4.36. The predicted molar refractivity (Wildman–Crippen MR) is 75.7 cm³/mol. The number of fused-ring (bicyclic) bond motifs is 1. The van der Waals surface area contributed by atoms with E-state index >= 15 is 0 Å². The Morgan fingerprint density at radius 3 is 2.67 bits per heavy atom. The molecule has 2 atom stereocenters. The molecule has 2 heteroatoms. The number of nitrogens with zero attached hydrogens (tertiary/aromatic N) is 1. The average molecular weight is 244 g/mol. The zero-order valence-electron chi connectivity index (χ0n) is 11.6. The summed E-state index contributed by atoms with van der Waals surface area (Å²) in [4.78, 5) is 2.63.